The van der Waals surface area contributed by atoms with E-state index >= 15 is 0 Å². The van der Waals surface area contributed by atoms with Crippen molar-refractivity contribution in [1.29, 1.82) is 5.26 Å². The van der Waals surface area contributed by atoms with Gasteiger partial charge in [0.25, 0.3) is 5.89 Å². The molecular formula is C25H26N4O4. The first-order valence-electron chi connectivity index (χ1n) is 11.5. The lowest BCUT2D eigenvalue weighted by Gasteiger charge is -2.31. The third kappa shape index (κ3) is 4.72. The van der Waals surface area contributed by atoms with Crippen molar-refractivity contribution < 1.29 is 18.4 Å². The number of aromatic nitrogens is 1. The molecule has 0 atom stereocenters. The number of furan rings is 1. The zero-order valence-electron chi connectivity index (χ0n) is 18.3. The Morgan fingerprint density at radius 2 is 1.97 bits per heavy atom. The summed E-state index contributed by atoms with van der Waals surface area (Å²) in [5.74, 6) is 1.88. The summed E-state index contributed by atoms with van der Waals surface area (Å²) in [6.07, 6.45) is 7.75. The number of benzene rings is 1. The van der Waals surface area contributed by atoms with Crippen molar-refractivity contribution in [2.24, 2.45) is 5.92 Å². The van der Waals surface area contributed by atoms with E-state index in [0.717, 1.165) is 24.3 Å². The first-order valence-corrected chi connectivity index (χ1v) is 11.5. The Kier molecular flexibility index (Phi) is 6.03. The second-order valence-electron chi connectivity index (χ2n) is 8.56. The molecule has 1 amide bonds. The van der Waals surface area contributed by atoms with Gasteiger partial charge in [-0.25, -0.2) is 0 Å². The Morgan fingerprint density at radius 1 is 1.15 bits per heavy atom. The highest BCUT2D eigenvalue weighted by atomic mass is 16.5. The minimum absolute atomic E-state index is 0.00187. The number of oxazole rings is 1. The molecule has 0 radical (unpaired) electrons. The van der Waals surface area contributed by atoms with Gasteiger partial charge in [-0.15, -0.1) is 0 Å². The number of hydrogen-bond donors (Lipinski definition) is 1. The molecule has 8 nitrogen and oxygen atoms in total. The van der Waals surface area contributed by atoms with Gasteiger partial charge in [-0.3, -0.25) is 4.79 Å². The lowest BCUT2D eigenvalue weighted by molar-refractivity contribution is -0.120. The molecule has 1 saturated heterocycles. The number of carbonyl (C=O) groups is 1. The van der Waals surface area contributed by atoms with Gasteiger partial charge in [0.2, 0.25) is 17.5 Å². The van der Waals surface area contributed by atoms with Crippen LogP contribution in [0.1, 0.15) is 44.2 Å². The average molecular weight is 447 g/mol. The monoisotopic (exact) mass is 446 g/mol. The quantitative estimate of drug-likeness (QED) is 0.569. The van der Waals surface area contributed by atoms with Crippen LogP contribution in [0.2, 0.25) is 0 Å². The van der Waals surface area contributed by atoms with Crippen molar-refractivity contribution in [3.8, 4) is 23.5 Å². The Labute approximate surface area is 192 Å². The molecule has 170 valence electrons. The number of piperidine rings is 1. The summed E-state index contributed by atoms with van der Waals surface area (Å²) in [4.78, 5) is 19.1. The van der Waals surface area contributed by atoms with Gasteiger partial charge in [0, 0.05) is 30.8 Å². The molecule has 1 saturated carbocycles. The maximum absolute atomic E-state index is 12.9. The van der Waals surface area contributed by atoms with Gasteiger partial charge in [0.15, 0.2) is 5.76 Å². The molecule has 1 aromatic carbocycles. The summed E-state index contributed by atoms with van der Waals surface area (Å²) >= 11 is 0. The fraction of sp³-hybridized carbons (Fsp3) is 0.400. The predicted molar refractivity (Wildman–Crippen MR) is 122 cm³/mol. The second kappa shape index (κ2) is 9.41. The van der Waals surface area contributed by atoms with Crippen molar-refractivity contribution in [2.45, 2.75) is 44.6 Å². The third-order valence-electron chi connectivity index (χ3n) is 6.31. The van der Waals surface area contributed by atoms with E-state index < -0.39 is 0 Å². The molecule has 1 N–H and O–H groups in total. The Bertz CT molecular complexity index is 1130. The van der Waals surface area contributed by atoms with Crippen molar-refractivity contribution >= 4 is 17.5 Å². The topological polar surface area (TPSA) is 105 Å². The van der Waals surface area contributed by atoms with Crippen LogP contribution >= 0.6 is 0 Å². The van der Waals surface area contributed by atoms with E-state index in [0.29, 0.717) is 37.6 Å². The molecule has 2 aromatic heterocycles. The normalized spacial score (nSPS) is 17.1. The highest BCUT2D eigenvalue weighted by Gasteiger charge is 2.29. The SMILES string of the molecule is N#Cc1nc(-c2ccco2)oc1N1CCC(C(=O)Nc2cccc(OC3CCCC3)c2)CC1. The number of hydrogen-bond acceptors (Lipinski definition) is 7. The molecule has 1 aliphatic heterocycles. The number of carbonyl (C=O) groups excluding carboxylic acids is 1. The number of anilines is 2. The summed E-state index contributed by atoms with van der Waals surface area (Å²) < 4.78 is 17.2. The number of amides is 1. The van der Waals surface area contributed by atoms with E-state index in [9.17, 15) is 10.1 Å². The zero-order chi connectivity index (χ0) is 22.6. The van der Waals surface area contributed by atoms with E-state index in [1.807, 2.05) is 29.2 Å². The Hall–Kier alpha value is -3.73. The number of nitrogens with zero attached hydrogens (tertiary/aromatic N) is 3. The van der Waals surface area contributed by atoms with Gasteiger partial charge >= 0.3 is 0 Å². The maximum Gasteiger partial charge on any atom is 0.266 e. The van der Waals surface area contributed by atoms with Crippen molar-refractivity contribution in [3.05, 3.63) is 48.4 Å². The molecule has 2 fully saturated rings. The van der Waals surface area contributed by atoms with Crippen molar-refractivity contribution in [2.75, 3.05) is 23.3 Å². The van der Waals surface area contributed by atoms with Crippen LogP contribution in [0.15, 0.2) is 51.5 Å². The van der Waals surface area contributed by atoms with E-state index in [2.05, 4.69) is 16.4 Å². The summed E-state index contributed by atoms with van der Waals surface area (Å²) in [6, 6.07) is 13.2. The fourth-order valence-electron chi connectivity index (χ4n) is 4.54. The first-order chi connectivity index (χ1) is 16.2. The summed E-state index contributed by atoms with van der Waals surface area (Å²) in [7, 11) is 0. The molecule has 1 aliphatic carbocycles. The Balaban J connectivity index is 1.19. The van der Waals surface area contributed by atoms with Gasteiger partial charge in [0.05, 0.1) is 12.4 Å². The third-order valence-corrected chi connectivity index (χ3v) is 6.31. The lowest BCUT2D eigenvalue weighted by Crippen LogP contribution is -2.38. The molecular weight excluding hydrogens is 420 g/mol. The molecule has 8 heteroatoms. The molecule has 33 heavy (non-hydrogen) atoms. The minimum Gasteiger partial charge on any atom is -0.490 e. The van der Waals surface area contributed by atoms with Gasteiger partial charge in [-0.1, -0.05) is 6.07 Å². The largest absolute Gasteiger partial charge is 0.490 e. The summed E-state index contributed by atoms with van der Waals surface area (Å²) in [5.41, 5.74) is 0.978. The number of rotatable bonds is 6. The van der Waals surface area contributed by atoms with Gasteiger partial charge in [-0.05, 0) is 62.8 Å². The molecule has 0 bridgehead atoms. The van der Waals surface area contributed by atoms with Crippen LogP contribution in [0, 0.1) is 17.2 Å². The van der Waals surface area contributed by atoms with E-state index in [4.69, 9.17) is 13.6 Å². The van der Waals surface area contributed by atoms with Crippen LogP contribution in [0.4, 0.5) is 11.6 Å². The Morgan fingerprint density at radius 3 is 2.70 bits per heavy atom. The first kappa shape index (κ1) is 21.1. The van der Waals surface area contributed by atoms with Crippen LogP contribution in [-0.4, -0.2) is 30.1 Å². The highest BCUT2D eigenvalue weighted by Crippen LogP contribution is 2.32. The van der Waals surface area contributed by atoms with Crippen molar-refractivity contribution in [1.82, 2.24) is 4.98 Å². The highest BCUT2D eigenvalue weighted by molar-refractivity contribution is 5.92. The van der Waals surface area contributed by atoms with Crippen LogP contribution in [-0.2, 0) is 4.79 Å². The van der Waals surface area contributed by atoms with Gasteiger partial charge < -0.3 is 23.8 Å². The molecule has 3 heterocycles. The van der Waals surface area contributed by atoms with Gasteiger partial charge in [0.1, 0.15) is 11.8 Å². The van der Waals surface area contributed by atoms with Gasteiger partial charge in [-0.2, -0.15) is 10.2 Å². The van der Waals surface area contributed by atoms with Crippen LogP contribution in [0.5, 0.6) is 5.75 Å². The van der Waals surface area contributed by atoms with Crippen LogP contribution in [0.25, 0.3) is 11.7 Å². The average Bonchev–Trinajstić information content (AvgIpc) is 3.61. The molecule has 2 aliphatic rings. The van der Waals surface area contributed by atoms with Crippen LogP contribution < -0.4 is 15.0 Å². The number of nitriles is 1. The van der Waals surface area contributed by atoms with E-state index in [1.54, 1.807) is 12.1 Å². The summed E-state index contributed by atoms with van der Waals surface area (Å²) in [5, 5.41) is 12.5. The van der Waals surface area contributed by atoms with E-state index in [-0.39, 0.29) is 29.5 Å². The second-order valence-corrected chi connectivity index (χ2v) is 8.56. The molecule has 3 aromatic rings. The maximum atomic E-state index is 12.9. The predicted octanol–water partition coefficient (Wildman–Crippen LogP) is 4.98. The smallest absolute Gasteiger partial charge is 0.266 e. The van der Waals surface area contributed by atoms with Crippen molar-refractivity contribution in [3.63, 3.8) is 0 Å². The van der Waals surface area contributed by atoms with Crippen LogP contribution in [0.3, 0.4) is 0 Å². The van der Waals surface area contributed by atoms with E-state index in [1.165, 1.54) is 19.1 Å². The fourth-order valence-corrected chi connectivity index (χ4v) is 4.54. The standard InChI is InChI=1S/C25H26N4O4/c26-16-21-25(33-24(28-21)22-9-4-14-31-22)29-12-10-17(11-13-29)23(30)27-18-5-3-8-20(15-18)32-19-6-1-2-7-19/h3-5,8-9,14-15,17,19H,1-2,6-7,10-13H2,(H,27,30). The molecule has 0 spiro atoms. The summed E-state index contributed by atoms with van der Waals surface area (Å²) in [6.45, 7) is 1.20. The lowest BCUT2D eigenvalue weighted by atomic mass is 9.96. The zero-order valence-corrected chi connectivity index (χ0v) is 18.3. The molecule has 5 rings (SSSR count). The molecule has 0 unspecified atom stereocenters. The minimum atomic E-state index is -0.112. The number of ether oxygens (including phenoxy) is 1. The number of nitrogens with one attached hydrogen (secondary N) is 1.